The van der Waals surface area contributed by atoms with Gasteiger partial charge in [-0.25, -0.2) is 4.98 Å². The van der Waals surface area contributed by atoms with Crippen LogP contribution in [-0.4, -0.2) is 59.1 Å². The monoisotopic (exact) mass is 305 g/mol. The van der Waals surface area contributed by atoms with Crippen LogP contribution in [0.2, 0.25) is 0 Å². The molecule has 0 bridgehead atoms. The molecule has 0 spiro atoms. The topological polar surface area (TPSA) is 81.0 Å². The molecule has 120 valence electrons. The number of hydrogen-bond acceptors (Lipinski definition) is 7. The van der Waals surface area contributed by atoms with Crippen molar-refractivity contribution in [3.8, 4) is 0 Å². The first-order valence-electron chi connectivity index (χ1n) is 7.22. The molecule has 22 heavy (non-hydrogen) atoms. The van der Waals surface area contributed by atoms with Crippen molar-refractivity contribution >= 4 is 11.8 Å². The van der Waals surface area contributed by atoms with Crippen LogP contribution in [0, 0.1) is 6.92 Å². The molecule has 2 aromatic heterocycles. The summed E-state index contributed by atoms with van der Waals surface area (Å²) < 4.78 is 7.07. The van der Waals surface area contributed by atoms with Gasteiger partial charge in [0, 0.05) is 52.5 Å². The summed E-state index contributed by atoms with van der Waals surface area (Å²) in [5.41, 5.74) is 1.05. The summed E-state index contributed by atoms with van der Waals surface area (Å²) in [6, 6.07) is 0. The molecule has 0 aromatic carbocycles. The van der Waals surface area contributed by atoms with Gasteiger partial charge in [-0.05, 0) is 6.92 Å². The smallest absolute Gasteiger partial charge is 0.224 e. The molecule has 0 amide bonds. The minimum Gasteiger partial charge on any atom is -0.383 e. The highest BCUT2D eigenvalue weighted by Crippen LogP contribution is 2.14. The summed E-state index contributed by atoms with van der Waals surface area (Å²) in [4.78, 5) is 10.8. The number of nitrogens with one attached hydrogen (secondary N) is 1. The highest BCUT2D eigenvalue weighted by atomic mass is 16.5. The predicted octanol–water partition coefficient (Wildman–Crippen LogP) is 0.744. The fourth-order valence-electron chi connectivity index (χ4n) is 2.11. The third-order valence-corrected chi connectivity index (χ3v) is 3.23. The molecule has 2 heterocycles. The Morgan fingerprint density at radius 2 is 2.18 bits per heavy atom. The van der Waals surface area contributed by atoms with Gasteiger partial charge in [-0.2, -0.15) is 4.98 Å². The SMILES string of the molecule is COCCn1cnnc1CCNc1ncc(C)c(N(C)C)n1. The summed E-state index contributed by atoms with van der Waals surface area (Å²) in [6.07, 6.45) is 4.30. The van der Waals surface area contributed by atoms with Gasteiger partial charge in [-0.15, -0.1) is 10.2 Å². The lowest BCUT2D eigenvalue weighted by Crippen LogP contribution is -2.16. The van der Waals surface area contributed by atoms with Gasteiger partial charge >= 0.3 is 0 Å². The highest BCUT2D eigenvalue weighted by Gasteiger charge is 2.07. The van der Waals surface area contributed by atoms with Crippen molar-refractivity contribution in [1.82, 2.24) is 24.7 Å². The Bertz CT molecular complexity index is 597. The van der Waals surface area contributed by atoms with Crippen molar-refractivity contribution in [1.29, 1.82) is 0 Å². The minimum atomic E-state index is 0.622. The first kappa shape index (κ1) is 16.2. The van der Waals surface area contributed by atoms with Crippen LogP contribution in [0.25, 0.3) is 0 Å². The molecule has 0 radical (unpaired) electrons. The van der Waals surface area contributed by atoms with Crippen molar-refractivity contribution in [3.63, 3.8) is 0 Å². The first-order chi connectivity index (χ1) is 10.6. The van der Waals surface area contributed by atoms with Gasteiger partial charge in [0.1, 0.15) is 18.0 Å². The Kier molecular flexibility index (Phi) is 5.65. The quantitative estimate of drug-likeness (QED) is 0.770. The Labute approximate surface area is 130 Å². The zero-order chi connectivity index (χ0) is 15.9. The number of methoxy groups -OCH3 is 1. The van der Waals surface area contributed by atoms with Crippen molar-refractivity contribution in [2.75, 3.05) is 44.6 Å². The molecular weight excluding hydrogens is 282 g/mol. The normalized spacial score (nSPS) is 10.7. The molecule has 0 saturated heterocycles. The lowest BCUT2D eigenvalue weighted by Gasteiger charge is -2.15. The Morgan fingerprint density at radius 1 is 1.36 bits per heavy atom. The molecule has 0 saturated carbocycles. The summed E-state index contributed by atoms with van der Waals surface area (Å²) >= 11 is 0. The van der Waals surface area contributed by atoms with Crippen LogP contribution < -0.4 is 10.2 Å². The molecule has 0 unspecified atom stereocenters. The van der Waals surface area contributed by atoms with E-state index in [0.29, 0.717) is 19.1 Å². The molecule has 1 N–H and O–H groups in total. The van der Waals surface area contributed by atoms with Crippen LogP contribution >= 0.6 is 0 Å². The van der Waals surface area contributed by atoms with Gasteiger partial charge in [0.25, 0.3) is 0 Å². The van der Waals surface area contributed by atoms with Crippen molar-refractivity contribution in [2.24, 2.45) is 0 Å². The van der Waals surface area contributed by atoms with E-state index in [1.165, 1.54) is 0 Å². The fraction of sp³-hybridized carbons (Fsp3) is 0.571. The van der Waals surface area contributed by atoms with E-state index in [9.17, 15) is 0 Å². The third-order valence-electron chi connectivity index (χ3n) is 3.23. The maximum Gasteiger partial charge on any atom is 0.224 e. The van der Waals surface area contributed by atoms with E-state index >= 15 is 0 Å². The fourth-order valence-corrected chi connectivity index (χ4v) is 2.11. The Morgan fingerprint density at radius 3 is 2.91 bits per heavy atom. The van der Waals surface area contributed by atoms with E-state index in [1.807, 2.05) is 36.7 Å². The molecule has 0 atom stereocenters. The third kappa shape index (κ3) is 4.14. The number of hydrogen-bond donors (Lipinski definition) is 1. The van der Waals surface area contributed by atoms with E-state index in [4.69, 9.17) is 4.74 Å². The molecule has 8 nitrogen and oxygen atoms in total. The van der Waals surface area contributed by atoms with E-state index < -0.39 is 0 Å². The van der Waals surface area contributed by atoms with Gasteiger partial charge in [-0.3, -0.25) is 0 Å². The molecule has 2 rings (SSSR count). The largest absolute Gasteiger partial charge is 0.383 e. The van der Waals surface area contributed by atoms with E-state index in [2.05, 4.69) is 25.5 Å². The number of rotatable bonds is 8. The van der Waals surface area contributed by atoms with E-state index in [1.54, 1.807) is 13.4 Å². The lowest BCUT2D eigenvalue weighted by molar-refractivity contribution is 0.186. The first-order valence-corrected chi connectivity index (χ1v) is 7.22. The van der Waals surface area contributed by atoms with Gasteiger partial charge in [-0.1, -0.05) is 0 Å². The highest BCUT2D eigenvalue weighted by molar-refractivity contribution is 5.47. The summed E-state index contributed by atoms with van der Waals surface area (Å²) in [5.74, 6) is 2.46. The molecule has 0 aliphatic heterocycles. The van der Waals surface area contributed by atoms with Gasteiger partial charge < -0.3 is 19.5 Å². The van der Waals surface area contributed by atoms with Crippen LogP contribution in [0.4, 0.5) is 11.8 Å². The Balaban J connectivity index is 1.91. The molecule has 0 aliphatic carbocycles. The molecule has 0 aliphatic rings. The Hall–Kier alpha value is -2.22. The van der Waals surface area contributed by atoms with Crippen LogP contribution in [0.1, 0.15) is 11.4 Å². The van der Waals surface area contributed by atoms with Crippen molar-refractivity contribution < 1.29 is 4.74 Å². The second kappa shape index (κ2) is 7.69. The van der Waals surface area contributed by atoms with Crippen molar-refractivity contribution in [2.45, 2.75) is 19.9 Å². The average Bonchev–Trinajstić information content (AvgIpc) is 2.94. The van der Waals surface area contributed by atoms with Crippen LogP contribution in [0.3, 0.4) is 0 Å². The predicted molar refractivity (Wildman–Crippen MR) is 85.2 cm³/mol. The maximum absolute atomic E-state index is 5.07. The lowest BCUT2D eigenvalue weighted by atomic mass is 10.3. The van der Waals surface area contributed by atoms with Gasteiger partial charge in [0.05, 0.1) is 6.61 Å². The maximum atomic E-state index is 5.07. The summed E-state index contributed by atoms with van der Waals surface area (Å²) in [6.45, 7) is 4.09. The zero-order valence-electron chi connectivity index (χ0n) is 13.6. The molecule has 2 aromatic rings. The van der Waals surface area contributed by atoms with Crippen LogP contribution in [0.15, 0.2) is 12.5 Å². The standard InChI is InChI=1S/C14H23N7O/c1-11-9-16-14(18-13(11)20(2)3)15-6-5-12-19-17-10-21(12)7-8-22-4/h9-10H,5-8H2,1-4H3,(H,15,16,18). The number of anilines is 2. The van der Waals surface area contributed by atoms with Crippen LogP contribution in [0.5, 0.6) is 0 Å². The summed E-state index contributed by atoms with van der Waals surface area (Å²) in [7, 11) is 5.62. The van der Waals surface area contributed by atoms with E-state index in [-0.39, 0.29) is 0 Å². The number of ether oxygens (including phenoxy) is 1. The van der Waals surface area contributed by atoms with Crippen molar-refractivity contribution in [3.05, 3.63) is 23.9 Å². The number of nitrogens with zero attached hydrogens (tertiary/aromatic N) is 6. The summed E-state index contributed by atoms with van der Waals surface area (Å²) in [5, 5.41) is 11.3. The second-order valence-corrected chi connectivity index (χ2v) is 5.20. The molecule has 8 heteroatoms. The zero-order valence-corrected chi connectivity index (χ0v) is 13.6. The number of aromatic nitrogens is 5. The van der Waals surface area contributed by atoms with Gasteiger partial charge in [0.2, 0.25) is 5.95 Å². The molecular formula is C14H23N7O. The number of aryl methyl sites for hydroxylation is 1. The van der Waals surface area contributed by atoms with Gasteiger partial charge in [0.15, 0.2) is 0 Å². The second-order valence-electron chi connectivity index (χ2n) is 5.20. The van der Waals surface area contributed by atoms with E-state index in [0.717, 1.165) is 30.2 Å². The van der Waals surface area contributed by atoms with Crippen LogP contribution in [-0.2, 0) is 17.7 Å². The average molecular weight is 305 g/mol. The molecule has 0 fully saturated rings. The minimum absolute atomic E-state index is 0.622.